The molecule has 0 unspecified atom stereocenters. The normalized spacial score (nSPS) is 31.5. The Kier molecular flexibility index (Phi) is 3.35. The molecule has 0 saturated heterocycles. The van der Waals surface area contributed by atoms with Gasteiger partial charge in [-0.05, 0) is 76.7 Å². The van der Waals surface area contributed by atoms with Gasteiger partial charge in [0.2, 0.25) is 0 Å². The summed E-state index contributed by atoms with van der Waals surface area (Å²) in [6.07, 6.45) is 8.06. The summed E-state index contributed by atoms with van der Waals surface area (Å²) in [6.45, 7) is 6.44. The van der Waals surface area contributed by atoms with Crippen LogP contribution in [0.2, 0.25) is 0 Å². The lowest BCUT2D eigenvalue weighted by atomic mass is 9.84. The molecule has 4 atom stereocenters. The van der Waals surface area contributed by atoms with Crippen LogP contribution in [0, 0.1) is 31.6 Å². The number of amides is 1. The van der Waals surface area contributed by atoms with Crippen molar-refractivity contribution >= 4 is 5.91 Å². The smallest absolute Gasteiger partial charge is 0.253 e. The first-order valence-electron chi connectivity index (χ1n) is 9.04. The van der Waals surface area contributed by atoms with Gasteiger partial charge >= 0.3 is 0 Å². The molecular weight excluding hydrogens is 272 g/mol. The Balaban J connectivity index is 1.47. The van der Waals surface area contributed by atoms with Crippen LogP contribution in [0.1, 0.15) is 73.2 Å². The summed E-state index contributed by atoms with van der Waals surface area (Å²) < 4.78 is 2.36. The van der Waals surface area contributed by atoms with Crippen molar-refractivity contribution in [3.63, 3.8) is 0 Å². The van der Waals surface area contributed by atoms with Crippen molar-refractivity contribution in [2.24, 2.45) is 17.8 Å². The third kappa shape index (κ3) is 2.29. The number of aromatic nitrogens is 1. The van der Waals surface area contributed by atoms with Gasteiger partial charge in [-0.1, -0.05) is 6.42 Å². The molecule has 3 aliphatic carbocycles. The predicted molar refractivity (Wildman–Crippen MR) is 88.0 cm³/mol. The van der Waals surface area contributed by atoms with E-state index >= 15 is 0 Å². The summed E-state index contributed by atoms with van der Waals surface area (Å²) in [5, 5.41) is 3.31. The maximum Gasteiger partial charge on any atom is 0.253 e. The predicted octanol–water partition coefficient (Wildman–Crippen LogP) is 3.99. The average Bonchev–Trinajstić information content (AvgIpc) is 2.95. The summed E-state index contributed by atoms with van der Waals surface area (Å²) in [6, 6.07) is 3.03. The minimum Gasteiger partial charge on any atom is -0.349 e. The molecule has 1 N–H and O–H groups in total. The van der Waals surface area contributed by atoms with Gasteiger partial charge in [0, 0.05) is 23.5 Å². The lowest BCUT2D eigenvalue weighted by molar-refractivity contribution is 0.0914. The number of carbonyl (C=O) groups is 1. The van der Waals surface area contributed by atoms with E-state index in [-0.39, 0.29) is 5.91 Å². The number of nitrogens with zero attached hydrogens (tertiary/aromatic N) is 1. The van der Waals surface area contributed by atoms with Crippen LogP contribution >= 0.6 is 0 Å². The molecule has 3 saturated carbocycles. The first-order chi connectivity index (χ1) is 10.5. The van der Waals surface area contributed by atoms with Crippen LogP contribution in [-0.4, -0.2) is 16.5 Å². The van der Waals surface area contributed by atoms with E-state index in [1.54, 1.807) is 0 Å². The summed E-state index contributed by atoms with van der Waals surface area (Å²) in [7, 11) is 0. The van der Waals surface area contributed by atoms with E-state index in [9.17, 15) is 4.79 Å². The largest absolute Gasteiger partial charge is 0.349 e. The molecule has 0 spiro atoms. The molecule has 3 aliphatic rings. The molecule has 22 heavy (non-hydrogen) atoms. The van der Waals surface area contributed by atoms with Gasteiger partial charge in [0.15, 0.2) is 0 Å². The molecule has 4 rings (SSSR count). The molecule has 2 bridgehead atoms. The topological polar surface area (TPSA) is 34.0 Å². The Morgan fingerprint density at radius 2 is 2.00 bits per heavy atom. The van der Waals surface area contributed by atoms with E-state index in [1.807, 2.05) is 0 Å². The first-order valence-corrected chi connectivity index (χ1v) is 9.04. The lowest BCUT2D eigenvalue weighted by Crippen LogP contribution is -2.40. The van der Waals surface area contributed by atoms with E-state index in [0.29, 0.717) is 18.0 Å². The highest BCUT2D eigenvalue weighted by molar-refractivity contribution is 5.96. The second kappa shape index (κ2) is 5.14. The summed E-state index contributed by atoms with van der Waals surface area (Å²) >= 11 is 0. The van der Waals surface area contributed by atoms with Crippen LogP contribution in [0.25, 0.3) is 0 Å². The van der Waals surface area contributed by atoms with Crippen LogP contribution < -0.4 is 5.32 Å². The van der Waals surface area contributed by atoms with Crippen molar-refractivity contribution in [1.29, 1.82) is 0 Å². The fourth-order valence-corrected chi connectivity index (χ4v) is 5.20. The van der Waals surface area contributed by atoms with Crippen LogP contribution in [0.5, 0.6) is 0 Å². The first kappa shape index (κ1) is 14.3. The molecule has 0 radical (unpaired) electrons. The highest BCUT2D eigenvalue weighted by Crippen LogP contribution is 2.49. The van der Waals surface area contributed by atoms with Crippen LogP contribution in [-0.2, 0) is 0 Å². The van der Waals surface area contributed by atoms with E-state index in [1.165, 1.54) is 44.2 Å². The molecule has 0 aromatic carbocycles. The number of fused-ring (bicyclic) bond motifs is 2. The average molecular weight is 300 g/mol. The Morgan fingerprint density at radius 1 is 1.23 bits per heavy atom. The zero-order valence-electron chi connectivity index (χ0n) is 14.1. The van der Waals surface area contributed by atoms with E-state index < -0.39 is 0 Å². The van der Waals surface area contributed by atoms with Crippen molar-refractivity contribution in [3.05, 3.63) is 23.0 Å². The number of nitrogens with one attached hydrogen (secondary N) is 1. The maximum atomic E-state index is 12.7. The molecule has 120 valence electrons. The monoisotopic (exact) mass is 300 g/mol. The molecule has 3 fully saturated rings. The third-order valence-corrected chi connectivity index (χ3v) is 6.43. The molecule has 0 aliphatic heterocycles. The van der Waals surface area contributed by atoms with Crippen molar-refractivity contribution in [2.45, 2.75) is 71.4 Å². The standard InChI is InChI=1S/C19H28N2O/c1-11-8-18(13(3)21(11)16-6-7-16)19(22)20-12(2)17-10-14-4-5-15(17)9-14/h8,12,14-17H,4-7,9-10H2,1-3H3,(H,20,22)/t12-,14-,15-,17+/m0/s1. The Hall–Kier alpha value is -1.25. The molecule has 1 amide bonds. The number of aryl methyl sites for hydroxylation is 1. The fourth-order valence-electron chi connectivity index (χ4n) is 5.20. The summed E-state index contributed by atoms with van der Waals surface area (Å²) in [5.41, 5.74) is 3.27. The van der Waals surface area contributed by atoms with Gasteiger partial charge in [0.05, 0.1) is 5.56 Å². The number of hydrogen-bond donors (Lipinski definition) is 1. The zero-order valence-corrected chi connectivity index (χ0v) is 14.1. The number of carbonyl (C=O) groups excluding carboxylic acids is 1. The van der Waals surface area contributed by atoms with Crippen molar-refractivity contribution in [3.8, 4) is 0 Å². The molecule has 3 heteroatoms. The maximum absolute atomic E-state index is 12.7. The van der Waals surface area contributed by atoms with Gasteiger partial charge in [-0.2, -0.15) is 0 Å². The zero-order chi connectivity index (χ0) is 15.4. The second-order valence-corrected chi connectivity index (χ2v) is 7.99. The van der Waals surface area contributed by atoms with E-state index in [2.05, 4.69) is 36.7 Å². The number of rotatable bonds is 4. The van der Waals surface area contributed by atoms with Gasteiger partial charge in [-0.25, -0.2) is 0 Å². The molecule has 1 aromatic heterocycles. The van der Waals surface area contributed by atoms with Crippen molar-refractivity contribution in [1.82, 2.24) is 9.88 Å². The van der Waals surface area contributed by atoms with Gasteiger partial charge in [0.25, 0.3) is 5.91 Å². The lowest BCUT2D eigenvalue weighted by Gasteiger charge is -2.28. The van der Waals surface area contributed by atoms with Crippen LogP contribution in [0.15, 0.2) is 6.07 Å². The Labute approximate surface area is 133 Å². The summed E-state index contributed by atoms with van der Waals surface area (Å²) in [4.78, 5) is 12.7. The summed E-state index contributed by atoms with van der Waals surface area (Å²) in [5.74, 6) is 2.64. The van der Waals surface area contributed by atoms with E-state index in [0.717, 1.165) is 23.1 Å². The van der Waals surface area contributed by atoms with Gasteiger partial charge < -0.3 is 9.88 Å². The highest BCUT2D eigenvalue weighted by atomic mass is 16.1. The minimum atomic E-state index is 0.135. The molecule has 1 aromatic rings. The van der Waals surface area contributed by atoms with E-state index in [4.69, 9.17) is 0 Å². The Bertz CT molecular complexity index is 599. The van der Waals surface area contributed by atoms with Gasteiger partial charge in [-0.15, -0.1) is 0 Å². The molecular formula is C19H28N2O. The number of hydrogen-bond acceptors (Lipinski definition) is 1. The highest BCUT2D eigenvalue weighted by Gasteiger charge is 2.42. The SMILES string of the molecule is Cc1cc(C(=O)N[C@@H](C)[C@H]2C[C@H]3CC[C@H]2C3)c(C)n1C1CC1. The second-order valence-electron chi connectivity index (χ2n) is 7.99. The van der Waals surface area contributed by atoms with Gasteiger partial charge in [0.1, 0.15) is 0 Å². The van der Waals surface area contributed by atoms with Crippen LogP contribution in [0.3, 0.4) is 0 Å². The van der Waals surface area contributed by atoms with Crippen LogP contribution in [0.4, 0.5) is 0 Å². The third-order valence-electron chi connectivity index (χ3n) is 6.43. The Morgan fingerprint density at radius 3 is 2.59 bits per heavy atom. The molecule has 3 nitrogen and oxygen atoms in total. The fraction of sp³-hybridized carbons (Fsp3) is 0.737. The quantitative estimate of drug-likeness (QED) is 0.896. The van der Waals surface area contributed by atoms with Crippen molar-refractivity contribution < 1.29 is 4.79 Å². The molecule has 1 heterocycles. The van der Waals surface area contributed by atoms with Crippen molar-refractivity contribution in [2.75, 3.05) is 0 Å². The van der Waals surface area contributed by atoms with Gasteiger partial charge in [-0.3, -0.25) is 4.79 Å². The minimum absolute atomic E-state index is 0.135.